The third kappa shape index (κ3) is 2.78. The average molecular weight is 374 g/mol. The molecule has 27 heavy (non-hydrogen) atoms. The van der Waals surface area contributed by atoms with Gasteiger partial charge >= 0.3 is 12.2 Å². The lowest BCUT2D eigenvalue weighted by atomic mass is 9.76. The van der Waals surface area contributed by atoms with Crippen molar-refractivity contribution in [3.8, 4) is 0 Å². The highest BCUT2D eigenvalue weighted by Gasteiger charge is 2.54. The normalized spacial score (nSPS) is 22.1. The lowest BCUT2D eigenvalue weighted by Crippen LogP contribution is -2.46. The number of hydrogen-bond acceptors (Lipinski definition) is 2. The summed E-state index contributed by atoms with van der Waals surface area (Å²) in [6, 6.07) is 11.7. The summed E-state index contributed by atoms with van der Waals surface area (Å²) < 4.78 is 39.8. The van der Waals surface area contributed by atoms with Crippen LogP contribution in [0, 0.1) is 0 Å². The molecule has 1 fully saturated rings. The minimum absolute atomic E-state index is 0.102. The number of imide groups is 1. The summed E-state index contributed by atoms with van der Waals surface area (Å²) in [7, 11) is 0. The number of fused-ring (bicyclic) bond motifs is 2. The fourth-order valence-electron chi connectivity index (χ4n) is 4.06. The zero-order chi connectivity index (χ0) is 19.2. The summed E-state index contributed by atoms with van der Waals surface area (Å²) in [5.74, 6) is -0.489. The molecule has 0 radical (unpaired) electrons. The van der Waals surface area contributed by atoms with Gasteiger partial charge in [0, 0.05) is 0 Å². The van der Waals surface area contributed by atoms with Gasteiger partial charge in [0.15, 0.2) is 0 Å². The minimum Gasteiger partial charge on any atom is -0.319 e. The molecule has 2 aliphatic rings. The second-order valence-electron chi connectivity index (χ2n) is 6.89. The number of nitrogens with one attached hydrogen (secondary N) is 1. The average Bonchev–Trinajstić information content (AvgIpc) is 2.87. The van der Waals surface area contributed by atoms with Crippen molar-refractivity contribution in [3.05, 3.63) is 70.8 Å². The molecule has 140 valence electrons. The number of aryl methyl sites for hydroxylation is 1. The third-order valence-corrected chi connectivity index (χ3v) is 5.30. The van der Waals surface area contributed by atoms with Crippen molar-refractivity contribution in [2.24, 2.45) is 0 Å². The highest BCUT2D eigenvalue weighted by molar-refractivity contribution is 6.07. The molecule has 4 nitrogen and oxygen atoms in total. The van der Waals surface area contributed by atoms with Crippen molar-refractivity contribution >= 4 is 11.9 Å². The number of rotatable bonds is 2. The number of hydrogen-bond donors (Lipinski definition) is 1. The van der Waals surface area contributed by atoms with E-state index < -0.39 is 35.8 Å². The van der Waals surface area contributed by atoms with Crippen LogP contribution in [0.5, 0.6) is 0 Å². The molecule has 0 saturated carbocycles. The van der Waals surface area contributed by atoms with Crippen LogP contribution in [0.2, 0.25) is 0 Å². The number of urea groups is 1. The molecule has 0 aromatic heterocycles. The van der Waals surface area contributed by atoms with Gasteiger partial charge in [0.25, 0.3) is 5.91 Å². The van der Waals surface area contributed by atoms with E-state index in [-0.39, 0.29) is 5.56 Å². The fourth-order valence-corrected chi connectivity index (χ4v) is 4.06. The zero-order valence-corrected chi connectivity index (χ0v) is 14.3. The number of carbonyl (C=O) groups is 2. The van der Waals surface area contributed by atoms with Gasteiger partial charge in [-0.2, -0.15) is 13.2 Å². The maximum Gasteiger partial charge on any atom is 0.416 e. The van der Waals surface area contributed by atoms with E-state index in [1.807, 2.05) is 12.1 Å². The quantitative estimate of drug-likeness (QED) is 0.808. The van der Waals surface area contributed by atoms with E-state index >= 15 is 0 Å². The first kappa shape index (κ1) is 17.6. The number of amides is 3. The topological polar surface area (TPSA) is 49.4 Å². The summed E-state index contributed by atoms with van der Waals surface area (Å²) >= 11 is 0. The lowest BCUT2D eigenvalue weighted by Gasteiger charge is -2.33. The fraction of sp³-hybridized carbons (Fsp3) is 0.300. The molecule has 4 rings (SSSR count). The van der Waals surface area contributed by atoms with Crippen molar-refractivity contribution in [2.45, 2.75) is 37.5 Å². The summed E-state index contributed by atoms with van der Waals surface area (Å²) in [4.78, 5) is 26.6. The summed E-state index contributed by atoms with van der Waals surface area (Å²) in [6.45, 7) is -0.412. The van der Waals surface area contributed by atoms with Gasteiger partial charge in [0.05, 0.1) is 12.1 Å². The van der Waals surface area contributed by atoms with Crippen molar-refractivity contribution < 1.29 is 22.8 Å². The molecule has 3 amide bonds. The molecular weight excluding hydrogens is 357 g/mol. The smallest absolute Gasteiger partial charge is 0.319 e. The summed E-state index contributed by atoms with van der Waals surface area (Å²) in [6.07, 6.45) is -2.59. The molecule has 0 bridgehead atoms. The summed E-state index contributed by atoms with van der Waals surface area (Å²) in [5, 5.41) is 2.76. The Morgan fingerprint density at radius 1 is 1.04 bits per heavy atom. The first-order valence-electron chi connectivity index (χ1n) is 8.70. The second kappa shape index (κ2) is 6.11. The Morgan fingerprint density at radius 2 is 1.74 bits per heavy atom. The molecule has 2 aromatic rings. The van der Waals surface area contributed by atoms with Crippen LogP contribution >= 0.6 is 0 Å². The van der Waals surface area contributed by atoms with Crippen LogP contribution in [-0.4, -0.2) is 16.8 Å². The Hall–Kier alpha value is -2.83. The first-order valence-corrected chi connectivity index (χ1v) is 8.70. The Kier molecular flexibility index (Phi) is 3.98. The van der Waals surface area contributed by atoms with Gasteiger partial charge in [-0.25, -0.2) is 4.79 Å². The number of carbonyl (C=O) groups excluding carboxylic acids is 2. The van der Waals surface area contributed by atoms with Gasteiger partial charge in [-0.3, -0.25) is 9.69 Å². The molecule has 1 aliphatic heterocycles. The van der Waals surface area contributed by atoms with Crippen molar-refractivity contribution in [2.75, 3.05) is 0 Å². The van der Waals surface area contributed by atoms with Gasteiger partial charge in [0.1, 0.15) is 5.54 Å². The van der Waals surface area contributed by atoms with Gasteiger partial charge < -0.3 is 5.32 Å². The third-order valence-electron chi connectivity index (χ3n) is 5.30. The molecule has 1 saturated heterocycles. The van der Waals surface area contributed by atoms with E-state index in [1.54, 1.807) is 12.1 Å². The number of halogens is 3. The predicted octanol–water partition coefficient (Wildman–Crippen LogP) is 3.99. The van der Waals surface area contributed by atoms with Gasteiger partial charge in [-0.15, -0.1) is 0 Å². The van der Waals surface area contributed by atoms with Crippen LogP contribution in [0.25, 0.3) is 0 Å². The Morgan fingerprint density at radius 3 is 2.52 bits per heavy atom. The van der Waals surface area contributed by atoms with Crippen LogP contribution in [0.3, 0.4) is 0 Å². The van der Waals surface area contributed by atoms with E-state index in [0.717, 1.165) is 34.9 Å². The number of nitrogens with zero attached hydrogens (tertiary/aromatic N) is 1. The Bertz CT molecular complexity index is 925. The zero-order valence-electron chi connectivity index (χ0n) is 14.3. The number of alkyl halides is 3. The molecule has 1 heterocycles. The van der Waals surface area contributed by atoms with E-state index in [0.29, 0.717) is 6.42 Å². The summed E-state index contributed by atoms with van der Waals surface area (Å²) in [5.41, 5.74) is -0.402. The maximum absolute atomic E-state index is 13.3. The molecular formula is C20H17F3N2O2. The van der Waals surface area contributed by atoms with E-state index in [4.69, 9.17) is 0 Å². The number of benzene rings is 2. The molecule has 1 N–H and O–H groups in total. The highest BCUT2D eigenvalue weighted by atomic mass is 19.4. The largest absolute Gasteiger partial charge is 0.416 e. The van der Waals surface area contributed by atoms with Gasteiger partial charge in [-0.05, 0) is 42.0 Å². The molecule has 1 atom stereocenters. The van der Waals surface area contributed by atoms with Crippen molar-refractivity contribution in [1.29, 1.82) is 0 Å². The molecule has 7 heteroatoms. The van der Waals surface area contributed by atoms with E-state index in [1.165, 1.54) is 18.2 Å². The molecule has 0 unspecified atom stereocenters. The molecule has 1 spiro atoms. The molecule has 2 aromatic carbocycles. The van der Waals surface area contributed by atoms with E-state index in [9.17, 15) is 22.8 Å². The van der Waals surface area contributed by atoms with Crippen molar-refractivity contribution in [3.63, 3.8) is 0 Å². The molecule has 1 aliphatic carbocycles. The van der Waals surface area contributed by atoms with Crippen LogP contribution in [0.4, 0.5) is 18.0 Å². The second-order valence-corrected chi connectivity index (χ2v) is 6.89. The minimum atomic E-state index is -4.55. The van der Waals surface area contributed by atoms with Gasteiger partial charge in [0.2, 0.25) is 0 Å². The van der Waals surface area contributed by atoms with Crippen LogP contribution in [0.15, 0.2) is 48.5 Å². The Balaban J connectivity index is 1.71. The standard InChI is InChI=1S/C20H17F3N2O2/c21-20(22,23)16-10-4-2-7-14(16)12-25-17(26)19(24-18(25)27)11-5-8-13-6-1-3-9-15(13)19/h1-4,6-7,9-10H,5,8,11-12H2,(H,24,27)/t19-/m0/s1. The highest BCUT2D eigenvalue weighted by Crippen LogP contribution is 2.41. The van der Waals surface area contributed by atoms with Gasteiger partial charge in [-0.1, -0.05) is 42.5 Å². The SMILES string of the molecule is O=C1N[C@]2(CCCc3ccccc32)C(=O)N1Cc1ccccc1C(F)(F)F. The predicted molar refractivity (Wildman–Crippen MR) is 91.6 cm³/mol. The van der Waals surface area contributed by atoms with E-state index in [2.05, 4.69) is 5.32 Å². The monoisotopic (exact) mass is 374 g/mol. The lowest BCUT2D eigenvalue weighted by molar-refractivity contribution is -0.139. The van der Waals surface area contributed by atoms with Crippen LogP contribution < -0.4 is 5.32 Å². The maximum atomic E-state index is 13.3. The first-order chi connectivity index (χ1) is 12.8. The van der Waals surface area contributed by atoms with Crippen LogP contribution in [-0.2, 0) is 29.5 Å². The van der Waals surface area contributed by atoms with Crippen LogP contribution in [0.1, 0.15) is 35.1 Å². The van der Waals surface area contributed by atoms with Crippen molar-refractivity contribution in [1.82, 2.24) is 10.2 Å². The Labute approximate surface area is 154 Å².